The average molecular weight is 455 g/mol. The van der Waals surface area contributed by atoms with Gasteiger partial charge in [-0.25, -0.2) is 0 Å². The van der Waals surface area contributed by atoms with Gasteiger partial charge in [0.05, 0.1) is 5.75 Å². The van der Waals surface area contributed by atoms with E-state index in [-0.39, 0.29) is 17.9 Å². The van der Waals surface area contributed by atoms with E-state index in [1.807, 2.05) is 52.0 Å². The second kappa shape index (κ2) is 12.7. The monoisotopic (exact) mass is 454 g/mol. The highest BCUT2D eigenvalue weighted by molar-refractivity contribution is 7.99. The van der Waals surface area contributed by atoms with Crippen molar-refractivity contribution < 1.29 is 9.59 Å². The third-order valence-electron chi connectivity index (χ3n) is 5.64. The molecule has 0 aliphatic heterocycles. The summed E-state index contributed by atoms with van der Waals surface area (Å²) < 4.78 is 0. The molecule has 4 nitrogen and oxygen atoms in total. The minimum absolute atomic E-state index is 0.00565. The highest BCUT2D eigenvalue weighted by Crippen LogP contribution is 2.19. The second-order valence-electron chi connectivity index (χ2n) is 8.74. The fourth-order valence-electron chi connectivity index (χ4n) is 3.74. The highest BCUT2D eigenvalue weighted by atomic mass is 32.2. The van der Waals surface area contributed by atoms with E-state index in [9.17, 15) is 9.59 Å². The van der Waals surface area contributed by atoms with Crippen LogP contribution in [0.4, 0.5) is 0 Å². The molecule has 2 atom stereocenters. The Morgan fingerprint density at radius 3 is 2.09 bits per heavy atom. The molecule has 2 rings (SSSR count). The first-order valence-electron chi connectivity index (χ1n) is 11.5. The molecule has 32 heavy (non-hydrogen) atoms. The molecule has 0 aliphatic rings. The van der Waals surface area contributed by atoms with Crippen molar-refractivity contribution in [3.8, 4) is 0 Å². The molecular formula is C27H38N2O2S. The lowest BCUT2D eigenvalue weighted by Crippen LogP contribution is -2.51. The molecule has 0 spiro atoms. The van der Waals surface area contributed by atoms with Gasteiger partial charge in [0.15, 0.2) is 0 Å². The van der Waals surface area contributed by atoms with Gasteiger partial charge in [-0.1, -0.05) is 73.0 Å². The Hall–Kier alpha value is -2.27. The van der Waals surface area contributed by atoms with Crippen LogP contribution < -0.4 is 5.32 Å². The van der Waals surface area contributed by atoms with Crippen molar-refractivity contribution in [2.45, 2.75) is 78.8 Å². The van der Waals surface area contributed by atoms with Crippen LogP contribution in [-0.2, 0) is 21.9 Å². The Bertz CT molecular complexity index is 875. The van der Waals surface area contributed by atoms with Gasteiger partial charge < -0.3 is 10.2 Å². The van der Waals surface area contributed by atoms with Crippen molar-refractivity contribution in [1.29, 1.82) is 0 Å². The van der Waals surface area contributed by atoms with Gasteiger partial charge in [-0.3, -0.25) is 9.59 Å². The van der Waals surface area contributed by atoms with Crippen LogP contribution in [0.15, 0.2) is 42.5 Å². The zero-order valence-electron chi connectivity index (χ0n) is 20.4. The van der Waals surface area contributed by atoms with Gasteiger partial charge in [-0.15, -0.1) is 11.8 Å². The Morgan fingerprint density at radius 1 is 0.906 bits per heavy atom. The first-order valence-corrected chi connectivity index (χ1v) is 12.7. The maximum Gasteiger partial charge on any atom is 0.243 e. The predicted molar refractivity (Wildman–Crippen MR) is 136 cm³/mol. The summed E-state index contributed by atoms with van der Waals surface area (Å²) in [5.41, 5.74) is 5.92. The van der Waals surface area contributed by atoms with Gasteiger partial charge in [0.2, 0.25) is 11.8 Å². The van der Waals surface area contributed by atoms with Crippen LogP contribution in [0.3, 0.4) is 0 Å². The third-order valence-corrected chi connectivity index (χ3v) is 6.62. The minimum Gasteiger partial charge on any atom is -0.352 e. The molecule has 0 fully saturated rings. The molecule has 0 aromatic heterocycles. The molecule has 2 aromatic carbocycles. The summed E-state index contributed by atoms with van der Waals surface area (Å²) >= 11 is 1.61. The summed E-state index contributed by atoms with van der Waals surface area (Å²) in [7, 11) is 0. The van der Waals surface area contributed by atoms with Gasteiger partial charge >= 0.3 is 0 Å². The molecule has 5 heteroatoms. The summed E-state index contributed by atoms with van der Waals surface area (Å²) in [5.74, 6) is 1.07. The minimum atomic E-state index is -0.473. The van der Waals surface area contributed by atoms with Crippen molar-refractivity contribution in [2.75, 3.05) is 5.75 Å². The smallest absolute Gasteiger partial charge is 0.243 e. The summed E-state index contributed by atoms with van der Waals surface area (Å²) in [6, 6.07) is 14.3. The SMILES string of the molecule is CCC(C)NC(=O)C(CC)N(Cc1ccc(C)cc1)C(=O)CSCc1cc(C)cc(C)c1. The van der Waals surface area contributed by atoms with Gasteiger partial charge in [0, 0.05) is 18.3 Å². The van der Waals surface area contributed by atoms with Crippen LogP contribution >= 0.6 is 11.8 Å². The molecular weight excluding hydrogens is 416 g/mol. The molecule has 0 saturated heterocycles. The molecule has 0 bridgehead atoms. The second-order valence-corrected chi connectivity index (χ2v) is 9.72. The van der Waals surface area contributed by atoms with E-state index in [0.717, 1.165) is 17.7 Å². The van der Waals surface area contributed by atoms with E-state index in [1.165, 1.54) is 22.3 Å². The summed E-state index contributed by atoms with van der Waals surface area (Å²) in [4.78, 5) is 28.1. The molecule has 2 unspecified atom stereocenters. The van der Waals surface area contributed by atoms with Crippen LogP contribution in [0.5, 0.6) is 0 Å². The first kappa shape index (κ1) is 26.0. The number of benzene rings is 2. The topological polar surface area (TPSA) is 49.4 Å². The van der Waals surface area contributed by atoms with E-state index < -0.39 is 6.04 Å². The van der Waals surface area contributed by atoms with Crippen molar-refractivity contribution in [1.82, 2.24) is 10.2 Å². The van der Waals surface area contributed by atoms with Gasteiger partial charge in [-0.2, -0.15) is 0 Å². The summed E-state index contributed by atoms with van der Waals surface area (Å²) in [6.45, 7) is 12.7. The maximum atomic E-state index is 13.3. The Kier molecular flexibility index (Phi) is 10.3. The first-order chi connectivity index (χ1) is 15.2. The van der Waals surface area contributed by atoms with Crippen molar-refractivity contribution in [3.05, 3.63) is 70.3 Å². The molecule has 174 valence electrons. The van der Waals surface area contributed by atoms with Gasteiger partial charge in [-0.05, 0) is 51.7 Å². The number of carbonyl (C=O) groups excluding carboxylic acids is 2. The van der Waals surface area contributed by atoms with E-state index in [4.69, 9.17) is 0 Å². The largest absolute Gasteiger partial charge is 0.352 e. The van der Waals surface area contributed by atoms with Crippen LogP contribution in [-0.4, -0.2) is 34.6 Å². The lowest BCUT2D eigenvalue weighted by Gasteiger charge is -2.31. The zero-order valence-corrected chi connectivity index (χ0v) is 21.2. The number of carbonyl (C=O) groups is 2. The van der Waals surface area contributed by atoms with Crippen molar-refractivity contribution in [2.24, 2.45) is 0 Å². The van der Waals surface area contributed by atoms with E-state index in [1.54, 1.807) is 16.7 Å². The van der Waals surface area contributed by atoms with Crippen LogP contribution in [0.1, 0.15) is 61.4 Å². The van der Waals surface area contributed by atoms with Gasteiger partial charge in [0.25, 0.3) is 0 Å². The number of nitrogens with one attached hydrogen (secondary N) is 1. The lowest BCUT2D eigenvalue weighted by molar-refractivity contribution is -0.139. The molecule has 0 heterocycles. The Balaban J connectivity index is 2.14. The molecule has 1 N–H and O–H groups in total. The van der Waals surface area contributed by atoms with Crippen molar-refractivity contribution in [3.63, 3.8) is 0 Å². The number of aryl methyl sites for hydroxylation is 3. The standard InChI is InChI=1S/C27H38N2O2S/c1-7-22(6)28-27(31)25(8-2)29(16-23-11-9-19(3)10-12-23)26(30)18-32-17-24-14-20(4)13-21(5)15-24/h9-15,22,25H,7-8,16-18H2,1-6H3,(H,28,31). The highest BCUT2D eigenvalue weighted by Gasteiger charge is 2.29. The van der Waals surface area contributed by atoms with Crippen LogP contribution in [0.2, 0.25) is 0 Å². The zero-order chi connectivity index (χ0) is 23.7. The maximum absolute atomic E-state index is 13.3. The molecule has 0 radical (unpaired) electrons. The third kappa shape index (κ3) is 8.01. The average Bonchev–Trinajstić information content (AvgIpc) is 2.74. The van der Waals surface area contributed by atoms with Crippen LogP contribution in [0, 0.1) is 20.8 Å². The van der Waals surface area contributed by atoms with Gasteiger partial charge in [0.1, 0.15) is 6.04 Å². The fourth-order valence-corrected chi connectivity index (χ4v) is 4.59. The van der Waals surface area contributed by atoms with E-state index in [0.29, 0.717) is 18.7 Å². The predicted octanol–water partition coefficient (Wildman–Crippen LogP) is 5.57. The molecule has 2 aromatic rings. The van der Waals surface area contributed by atoms with E-state index >= 15 is 0 Å². The Morgan fingerprint density at radius 2 is 1.53 bits per heavy atom. The number of amides is 2. The summed E-state index contributed by atoms with van der Waals surface area (Å²) in [5, 5.41) is 3.07. The quantitative estimate of drug-likeness (QED) is 0.483. The molecule has 0 aliphatic carbocycles. The number of nitrogens with zero attached hydrogens (tertiary/aromatic N) is 1. The Labute approximate surface area is 198 Å². The normalized spacial score (nSPS) is 12.8. The lowest BCUT2D eigenvalue weighted by atomic mass is 10.1. The molecule has 0 saturated carbocycles. The van der Waals surface area contributed by atoms with Crippen molar-refractivity contribution >= 4 is 23.6 Å². The fraction of sp³-hybridized carbons (Fsp3) is 0.481. The number of thioether (sulfide) groups is 1. The number of hydrogen-bond acceptors (Lipinski definition) is 3. The molecule has 2 amide bonds. The van der Waals surface area contributed by atoms with E-state index in [2.05, 4.69) is 37.4 Å². The van der Waals surface area contributed by atoms with Crippen LogP contribution in [0.25, 0.3) is 0 Å². The number of hydrogen-bond donors (Lipinski definition) is 1. The number of rotatable bonds is 11. The summed E-state index contributed by atoms with van der Waals surface area (Å²) in [6.07, 6.45) is 1.45.